The number of benzene rings is 3. The summed E-state index contributed by atoms with van der Waals surface area (Å²) in [6.07, 6.45) is -1.46. The van der Waals surface area contributed by atoms with E-state index in [0.717, 1.165) is 29.8 Å². The molecule has 0 aromatic heterocycles. The van der Waals surface area contributed by atoms with Crippen LogP contribution in [0, 0.1) is 5.92 Å². The average Bonchev–Trinajstić information content (AvgIpc) is 3.14. The summed E-state index contributed by atoms with van der Waals surface area (Å²) in [4.78, 5) is 77.9. The molecule has 0 saturated carbocycles. The lowest BCUT2D eigenvalue weighted by molar-refractivity contribution is -0.155. The molecule has 3 aromatic rings. The number of amides is 3. The van der Waals surface area contributed by atoms with Crippen molar-refractivity contribution in [3.8, 4) is 5.75 Å². The Bertz CT molecular complexity index is 2060. The summed E-state index contributed by atoms with van der Waals surface area (Å²) >= 11 is 0. The zero-order valence-electron chi connectivity index (χ0n) is 35.1. The van der Waals surface area contributed by atoms with E-state index in [1.807, 2.05) is 19.9 Å². The summed E-state index contributed by atoms with van der Waals surface area (Å²) < 4.78 is 47.4. The molecule has 326 valence electrons. The van der Waals surface area contributed by atoms with Crippen molar-refractivity contribution in [2.45, 2.75) is 122 Å². The van der Waals surface area contributed by atoms with Gasteiger partial charge in [-0.3, -0.25) is 14.4 Å². The van der Waals surface area contributed by atoms with E-state index in [2.05, 4.69) is 16.0 Å². The largest absolute Gasteiger partial charge is 0.478 e. The highest BCUT2D eigenvalue weighted by atomic mass is 32.2. The molecule has 3 atom stereocenters. The number of hydrogen-bond acceptors (Lipinski definition) is 12. The summed E-state index contributed by atoms with van der Waals surface area (Å²) in [5.41, 5.74) is -0.706. The second-order valence-electron chi connectivity index (χ2n) is 16.4. The maximum absolute atomic E-state index is 14.1. The van der Waals surface area contributed by atoms with Crippen LogP contribution in [0.25, 0.3) is 0 Å². The van der Waals surface area contributed by atoms with Crippen molar-refractivity contribution in [2.24, 2.45) is 5.92 Å². The molecule has 0 heterocycles. The van der Waals surface area contributed by atoms with E-state index in [-0.39, 0.29) is 54.4 Å². The molecule has 3 aromatic carbocycles. The number of esters is 2. The number of rotatable bonds is 19. The lowest BCUT2D eigenvalue weighted by Crippen LogP contribution is -2.57. The molecule has 0 aliphatic rings. The van der Waals surface area contributed by atoms with Crippen LogP contribution in [0.15, 0.2) is 83.8 Å². The van der Waals surface area contributed by atoms with Gasteiger partial charge in [-0.15, -0.1) is 0 Å². The molecule has 3 rings (SSSR count). The monoisotopic (exact) mass is 853 g/mol. The Balaban J connectivity index is 1.92. The minimum atomic E-state index is -4.36. The molecule has 16 nitrogen and oxygen atoms in total. The van der Waals surface area contributed by atoms with Gasteiger partial charge in [0, 0.05) is 12.8 Å². The van der Waals surface area contributed by atoms with Gasteiger partial charge >= 0.3 is 34.1 Å². The van der Waals surface area contributed by atoms with Gasteiger partial charge in [0.25, 0.3) is 0 Å². The molecule has 0 saturated heterocycles. The van der Waals surface area contributed by atoms with E-state index >= 15 is 0 Å². The van der Waals surface area contributed by atoms with Gasteiger partial charge in [-0.2, -0.15) is 8.42 Å². The molecule has 0 unspecified atom stereocenters. The molecule has 0 aliphatic heterocycles. The normalized spacial score (nSPS) is 13.2. The lowest BCUT2D eigenvalue weighted by atomic mass is 10.0. The summed E-state index contributed by atoms with van der Waals surface area (Å²) in [5, 5.41) is 17.0. The Hall–Kier alpha value is -5.97. The van der Waals surface area contributed by atoms with E-state index in [4.69, 9.17) is 23.5 Å². The smallest absolute Gasteiger partial charge is 0.408 e. The second kappa shape index (κ2) is 21.3. The summed E-state index contributed by atoms with van der Waals surface area (Å²) in [6, 6.07) is 15.1. The molecule has 60 heavy (non-hydrogen) atoms. The number of nitrogens with one attached hydrogen (secondary N) is 3. The van der Waals surface area contributed by atoms with Crippen LogP contribution in [0.5, 0.6) is 5.75 Å². The number of alkyl carbamates (subject to hydrolysis) is 1. The number of aromatic carboxylic acids is 1. The van der Waals surface area contributed by atoms with Crippen molar-refractivity contribution in [3.63, 3.8) is 0 Å². The standard InChI is InChI=1S/C43H55N3O13S/c1-27(2)24-35(40(52)56-26-29-12-10-9-11-13-29)45-38(49)34(44-37(48)33(46-41(53)58-43(6,7)8)22-23-36(47)57-42(3,4)5)25-28-14-18-31(19-15-28)59-60(54,55)32-20-16-30(17-21-32)39(50)51/h9-21,27,33-35H,22-26H2,1-8H3,(H,44,48)(H,45,49)(H,46,53)(H,50,51)/t33-,34-,35-/m0/s1. The first-order valence-electron chi connectivity index (χ1n) is 19.3. The van der Waals surface area contributed by atoms with Crippen molar-refractivity contribution >= 4 is 45.9 Å². The van der Waals surface area contributed by atoms with Gasteiger partial charge in [-0.1, -0.05) is 56.3 Å². The van der Waals surface area contributed by atoms with Crippen LogP contribution >= 0.6 is 0 Å². The molecular weight excluding hydrogens is 799 g/mol. The van der Waals surface area contributed by atoms with Gasteiger partial charge in [0.2, 0.25) is 11.8 Å². The van der Waals surface area contributed by atoms with Gasteiger partial charge < -0.3 is 39.5 Å². The minimum absolute atomic E-state index is 0.0439. The predicted octanol–water partition coefficient (Wildman–Crippen LogP) is 5.47. The molecular formula is C43H55N3O13S. The third-order valence-corrected chi connectivity index (χ3v) is 9.45. The number of carboxylic acid groups (broad SMARTS) is 1. The number of carboxylic acids is 1. The third-order valence-electron chi connectivity index (χ3n) is 8.19. The van der Waals surface area contributed by atoms with E-state index in [1.54, 1.807) is 65.8 Å². The topological polar surface area (TPSA) is 230 Å². The first kappa shape index (κ1) is 48.4. The molecule has 0 fully saturated rings. The fourth-order valence-electron chi connectivity index (χ4n) is 5.50. The minimum Gasteiger partial charge on any atom is -0.478 e. The Kier molecular flexibility index (Phi) is 17.2. The quantitative estimate of drug-likeness (QED) is 0.0667. The summed E-state index contributed by atoms with van der Waals surface area (Å²) in [5.74, 6) is -4.36. The highest BCUT2D eigenvalue weighted by Crippen LogP contribution is 2.21. The van der Waals surface area contributed by atoms with E-state index in [9.17, 15) is 37.2 Å². The molecule has 0 radical (unpaired) electrons. The second-order valence-corrected chi connectivity index (χ2v) is 17.9. The van der Waals surface area contributed by atoms with Crippen LogP contribution in [0.4, 0.5) is 4.79 Å². The first-order chi connectivity index (χ1) is 27.9. The average molecular weight is 854 g/mol. The maximum atomic E-state index is 14.1. The van der Waals surface area contributed by atoms with Crippen LogP contribution in [0.1, 0.15) is 96.1 Å². The van der Waals surface area contributed by atoms with Gasteiger partial charge in [-0.05, 0) is 108 Å². The highest BCUT2D eigenvalue weighted by Gasteiger charge is 2.32. The van der Waals surface area contributed by atoms with Crippen LogP contribution in [-0.4, -0.2) is 78.7 Å². The Morgan fingerprint density at radius 3 is 1.80 bits per heavy atom. The number of carbonyl (C=O) groups is 6. The van der Waals surface area contributed by atoms with Crippen LogP contribution in [0.3, 0.4) is 0 Å². The fraction of sp³-hybridized carbons (Fsp3) is 0.442. The summed E-state index contributed by atoms with van der Waals surface area (Å²) in [7, 11) is -4.36. The molecule has 3 amide bonds. The van der Waals surface area contributed by atoms with Crippen LogP contribution in [-0.2, 0) is 56.5 Å². The van der Waals surface area contributed by atoms with Gasteiger partial charge in [0.15, 0.2) is 0 Å². The SMILES string of the molecule is CC(C)C[C@H](NC(=O)[C@H](Cc1ccc(OS(=O)(=O)c2ccc(C(=O)O)cc2)cc1)NC(=O)[C@H](CCC(=O)OC(C)(C)C)NC(=O)OC(C)(C)C)C(=O)OCc1ccccc1. The lowest BCUT2D eigenvalue weighted by Gasteiger charge is -2.27. The van der Waals surface area contributed by atoms with Gasteiger partial charge in [-0.25, -0.2) is 14.4 Å². The zero-order chi connectivity index (χ0) is 44.8. The fourth-order valence-corrected chi connectivity index (χ4v) is 6.43. The number of ether oxygens (including phenoxy) is 3. The molecule has 0 aliphatic carbocycles. The van der Waals surface area contributed by atoms with Crippen molar-refractivity contribution in [1.82, 2.24) is 16.0 Å². The van der Waals surface area contributed by atoms with Crippen molar-refractivity contribution < 1.29 is 60.7 Å². The molecule has 0 spiro atoms. The highest BCUT2D eigenvalue weighted by molar-refractivity contribution is 7.87. The van der Waals surface area contributed by atoms with E-state index < -0.39 is 75.3 Å². The molecule has 4 N–H and O–H groups in total. The van der Waals surface area contributed by atoms with Crippen molar-refractivity contribution in [3.05, 3.63) is 95.6 Å². The first-order valence-corrected chi connectivity index (χ1v) is 20.7. The van der Waals surface area contributed by atoms with Crippen LogP contribution < -0.4 is 20.1 Å². The molecule has 17 heteroatoms. The predicted molar refractivity (Wildman–Crippen MR) is 219 cm³/mol. The zero-order valence-corrected chi connectivity index (χ0v) is 35.9. The Labute approximate surface area is 350 Å². The molecule has 0 bridgehead atoms. The van der Waals surface area contributed by atoms with E-state index in [0.29, 0.717) is 5.56 Å². The van der Waals surface area contributed by atoms with Crippen molar-refractivity contribution in [1.29, 1.82) is 0 Å². The van der Waals surface area contributed by atoms with Gasteiger partial charge in [0.1, 0.15) is 46.6 Å². The summed E-state index contributed by atoms with van der Waals surface area (Å²) in [6.45, 7) is 13.6. The number of carbonyl (C=O) groups excluding carboxylic acids is 5. The maximum Gasteiger partial charge on any atom is 0.408 e. The third kappa shape index (κ3) is 17.1. The Morgan fingerprint density at radius 2 is 1.25 bits per heavy atom. The van der Waals surface area contributed by atoms with Crippen LogP contribution in [0.2, 0.25) is 0 Å². The van der Waals surface area contributed by atoms with Gasteiger partial charge in [0.05, 0.1) is 5.56 Å². The number of hydrogen-bond donors (Lipinski definition) is 4. The van der Waals surface area contributed by atoms with Crippen molar-refractivity contribution in [2.75, 3.05) is 0 Å². The Morgan fingerprint density at radius 1 is 0.683 bits per heavy atom. The van der Waals surface area contributed by atoms with E-state index in [1.165, 1.54) is 24.3 Å².